The molecule has 0 unspecified atom stereocenters. The highest BCUT2D eigenvalue weighted by Gasteiger charge is 2.55. The molecule has 0 aromatic carbocycles. The lowest BCUT2D eigenvalue weighted by Crippen LogP contribution is -2.58. The van der Waals surface area contributed by atoms with E-state index in [1.807, 2.05) is 0 Å². The second-order valence-corrected chi connectivity index (χ2v) is 7.70. The van der Waals surface area contributed by atoms with Crippen molar-refractivity contribution in [2.24, 2.45) is 5.92 Å². The molecular weight excluding hydrogens is 380 g/mol. The number of carbonyl (C=O) groups is 4. The Balaban J connectivity index is 2.67. The van der Waals surface area contributed by atoms with Crippen LogP contribution in [0.5, 0.6) is 0 Å². The second kappa shape index (κ2) is 8.32. The van der Waals surface area contributed by atoms with Crippen molar-refractivity contribution in [3.8, 4) is 0 Å². The van der Waals surface area contributed by atoms with Crippen LogP contribution in [0, 0.1) is 5.92 Å². The first-order chi connectivity index (χ1) is 13.4. The molecule has 29 heavy (non-hydrogen) atoms. The maximum Gasteiger partial charge on any atom is 0.334 e. The van der Waals surface area contributed by atoms with Crippen molar-refractivity contribution >= 4 is 23.7 Å². The molecule has 0 aromatic rings. The molecule has 0 saturated carbocycles. The number of allylic oxidation sites excluding steroid dienone is 1. The zero-order valence-corrected chi connectivity index (χ0v) is 17.0. The van der Waals surface area contributed by atoms with Crippen molar-refractivity contribution in [3.05, 3.63) is 36.0 Å². The smallest absolute Gasteiger partial charge is 0.334 e. The van der Waals surface area contributed by atoms with Gasteiger partial charge in [0.25, 0.3) is 0 Å². The predicted octanol–water partition coefficient (Wildman–Crippen LogP) is 1.56. The molecule has 2 rings (SSSR count). The van der Waals surface area contributed by atoms with Crippen LogP contribution in [0.2, 0.25) is 0 Å². The van der Waals surface area contributed by atoms with E-state index in [4.69, 9.17) is 14.2 Å². The number of ether oxygens (including phenoxy) is 3. The van der Waals surface area contributed by atoms with Crippen molar-refractivity contribution in [1.82, 2.24) is 0 Å². The minimum atomic E-state index is -2.20. The molecular formula is C21H26O8. The van der Waals surface area contributed by atoms with Crippen LogP contribution < -0.4 is 0 Å². The summed E-state index contributed by atoms with van der Waals surface area (Å²) in [6, 6.07) is 0. The van der Waals surface area contributed by atoms with Crippen LogP contribution in [0.25, 0.3) is 0 Å². The van der Waals surface area contributed by atoms with Gasteiger partial charge in [0.1, 0.15) is 6.10 Å². The molecule has 0 spiro atoms. The number of hydrogen-bond acceptors (Lipinski definition) is 8. The summed E-state index contributed by atoms with van der Waals surface area (Å²) in [6.45, 7) is 12.7. The fraction of sp³-hybridized carbons (Fsp3) is 0.524. The van der Waals surface area contributed by atoms with Crippen LogP contribution in [0.3, 0.4) is 0 Å². The molecule has 1 saturated heterocycles. The van der Waals surface area contributed by atoms with Crippen molar-refractivity contribution < 1.29 is 38.5 Å². The molecule has 1 heterocycles. The fourth-order valence-electron chi connectivity index (χ4n) is 3.49. The molecule has 1 aliphatic heterocycles. The van der Waals surface area contributed by atoms with Gasteiger partial charge < -0.3 is 19.3 Å². The Hall–Kier alpha value is -2.74. The number of aliphatic hydroxyl groups is 1. The van der Waals surface area contributed by atoms with Gasteiger partial charge in [-0.2, -0.15) is 0 Å². The molecule has 1 aliphatic carbocycles. The normalized spacial score (nSPS) is 34.4. The van der Waals surface area contributed by atoms with Gasteiger partial charge in [-0.15, -0.1) is 0 Å². The van der Waals surface area contributed by atoms with Crippen molar-refractivity contribution in [2.45, 2.75) is 64.4 Å². The van der Waals surface area contributed by atoms with E-state index in [-0.39, 0.29) is 24.0 Å². The summed E-state index contributed by atoms with van der Waals surface area (Å²) in [4.78, 5) is 49.1. The van der Waals surface area contributed by atoms with Crippen molar-refractivity contribution in [3.63, 3.8) is 0 Å². The van der Waals surface area contributed by atoms with E-state index in [9.17, 15) is 24.3 Å². The number of esters is 3. The summed E-state index contributed by atoms with van der Waals surface area (Å²) < 4.78 is 16.2. The van der Waals surface area contributed by atoms with Gasteiger partial charge in [0.05, 0.1) is 5.92 Å². The van der Waals surface area contributed by atoms with Crippen LogP contribution in [0.15, 0.2) is 36.0 Å². The van der Waals surface area contributed by atoms with E-state index in [0.29, 0.717) is 0 Å². The molecule has 1 N–H and O–H groups in total. The monoisotopic (exact) mass is 406 g/mol. The maximum atomic E-state index is 12.7. The van der Waals surface area contributed by atoms with Gasteiger partial charge in [0.2, 0.25) is 0 Å². The first-order valence-electron chi connectivity index (χ1n) is 9.21. The van der Waals surface area contributed by atoms with Gasteiger partial charge in [0.15, 0.2) is 23.6 Å². The zero-order valence-electron chi connectivity index (χ0n) is 17.0. The van der Waals surface area contributed by atoms with Crippen LogP contribution in [0.1, 0.15) is 40.5 Å². The average Bonchev–Trinajstić information content (AvgIpc) is 2.88. The standard InChI is InChI=1S/C21H26O8/c1-10(2)19(24)29-17-16-12(4)20(25)28-14(16)9-11(3)7-8-15(23)21(6,26)18(17)27-13(5)22/h7,14,16-18,26H,1,4,8-9H2,2-3,5-6H3/b11-7-/t14-,16+,17+,18-,21+/m1/s1. The number of Topliss-reactive ketones (excluding diaryl/α,β-unsaturated/α-hetero) is 1. The lowest BCUT2D eigenvalue weighted by molar-refractivity contribution is -0.195. The van der Waals surface area contributed by atoms with Gasteiger partial charge in [0, 0.05) is 30.9 Å². The van der Waals surface area contributed by atoms with Gasteiger partial charge in [-0.05, 0) is 20.8 Å². The molecule has 8 nitrogen and oxygen atoms in total. The van der Waals surface area contributed by atoms with E-state index in [2.05, 4.69) is 13.2 Å². The Morgan fingerprint density at radius 2 is 1.90 bits per heavy atom. The molecule has 2 aliphatic rings. The summed E-state index contributed by atoms with van der Waals surface area (Å²) in [5.74, 6) is -3.87. The average molecular weight is 406 g/mol. The van der Waals surface area contributed by atoms with Crippen LogP contribution in [-0.4, -0.2) is 52.7 Å². The third kappa shape index (κ3) is 4.64. The highest BCUT2D eigenvalue weighted by molar-refractivity contribution is 5.92. The Morgan fingerprint density at radius 3 is 2.45 bits per heavy atom. The molecule has 8 heteroatoms. The summed E-state index contributed by atoms with van der Waals surface area (Å²) >= 11 is 0. The van der Waals surface area contributed by atoms with E-state index in [1.54, 1.807) is 13.0 Å². The van der Waals surface area contributed by atoms with Crippen LogP contribution in [-0.2, 0) is 33.4 Å². The van der Waals surface area contributed by atoms with E-state index in [1.165, 1.54) is 13.8 Å². The van der Waals surface area contributed by atoms with E-state index in [0.717, 1.165) is 12.5 Å². The quantitative estimate of drug-likeness (QED) is 0.325. The van der Waals surface area contributed by atoms with Gasteiger partial charge in [-0.1, -0.05) is 24.8 Å². The first kappa shape index (κ1) is 22.5. The predicted molar refractivity (Wildman–Crippen MR) is 101 cm³/mol. The molecule has 0 bridgehead atoms. The summed E-state index contributed by atoms with van der Waals surface area (Å²) in [5.41, 5.74) is -1.39. The molecule has 1 fully saturated rings. The van der Waals surface area contributed by atoms with Crippen molar-refractivity contribution in [2.75, 3.05) is 0 Å². The number of ketones is 1. The van der Waals surface area contributed by atoms with E-state index < -0.39 is 53.5 Å². The topological polar surface area (TPSA) is 116 Å². The molecule has 0 amide bonds. The lowest BCUT2D eigenvalue weighted by atomic mass is 9.77. The molecule has 0 aromatic heterocycles. The SMILES string of the molecule is C=C(C)C(=O)O[C@H]1[C@H]2C(=C)C(=O)O[C@@H]2C/C(C)=C\CC(=O)[C@](C)(O)[C@@H]1OC(C)=O. The second-order valence-electron chi connectivity index (χ2n) is 7.70. The molecule has 158 valence electrons. The summed E-state index contributed by atoms with van der Waals surface area (Å²) in [6.07, 6.45) is -1.99. The Labute approximate surface area is 169 Å². The minimum absolute atomic E-state index is 0.00305. The first-order valence-corrected chi connectivity index (χ1v) is 9.21. The van der Waals surface area contributed by atoms with Crippen LogP contribution >= 0.6 is 0 Å². The molecule has 0 radical (unpaired) electrons. The third-order valence-electron chi connectivity index (χ3n) is 5.14. The summed E-state index contributed by atoms with van der Waals surface area (Å²) in [7, 11) is 0. The zero-order chi connectivity index (χ0) is 22.1. The fourth-order valence-corrected chi connectivity index (χ4v) is 3.49. The van der Waals surface area contributed by atoms with Crippen LogP contribution in [0.4, 0.5) is 0 Å². The van der Waals surface area contributed by atoms with Gasteiger partial charge >= 0.3 is 17.9 Å². The van der Waals surface area contributed by atoms with Gasteiger partial charge in [-0.25, -0.2) is 9.59 Å². The molecule has 5 atom stereocenters. The largest absolute Gasteiger partial charge is 0.458 e. The van der Waals surface area contributed by atoms with E-state index >= 15 is 0 Å². The maximum absolute atomic E-state index is 12.7. The minimum Gasteiger partial charge on any atom is -0.458 e. The Bertz CT molecular complexity index is 803. The number of rotatable bonds is 3. The number of hydrogen-bond donors (Lipinski definition) is 1. The van der Waals surface area contributed by atoms with Gasteiger partial charge in [-0.3, -0.25) is 9.59 Å². The highest BCUT2D eigenvalue weighted by Crippen LogP contribution is 2.40. The Kier molecular flexibility index (Phi) is 6.47. The Morgan fingerprint density at radius 1 is 1.28 bits per heavy atom. The number of fused-ring (bicyclic) bond motifs is 1. The highest BCUT2D eigenvalue weighted by atomic mass is 16.6. The lowest BCUT2D eigenvalue weighted by Gasteiger charge is -2.39. The summed E-state index contributed by atoms with van der Waals surface area (Å²) in [5, 5.41) is 11.0. The number of carbonyl (C=O) groups excluding carboxylic acids is 4. The van der Waals surface area contributed by atoms with Crippen molar-refractivity contribution in [1.29, 1.82) is 0 Å². The third-order valence-corrected chi connectivity index (χ3v) is 5.14.